The third kappa shape index (κ3) is 5.03. The van der Waals surface area contributed by atoms with E-state index in [0.717, 1.165) is 101 Å². The van der Waals surface area contributed by atoms with Crippen molar-refractivity contribution in [3.8, 4) is 51.1 Å². The molecule has 8 heteroatoms. The minimum absolute atomic E-state index is 0.787. The van der Waals surface area contributed by atoms with Gasteiger partial charge in [-0.1, -0.05) is 54.6 Å². The number of rotatable bonds is 6. The van der Waals surface area contributed by atoms with E-state index in [2.05, 4.69) is 138 Å². The molecule has 10 rings (SSSR count). The first-order valence-electron chi connectivity index (χ1n) is 18.0. The summed E-state index contributed by atoms with van der Waals surface area (Å²) in [6.07, 6.45) is 5.52. The molecule has 0 saturated carbocycles. The van der Waals surface area contributed by atoms with Crippen molar-refractivity contribution >= 4 is 33.4 Å². The van der Waals surface area contributed by atoms with Crippen LogP contribution < -0.4 is 0 Å². The van der Waals surface area contributed by atoms with Gasteiger partial charge in [-0.25, -0.2) is 24.9 Å². The van der Waals surface area contributed by atoms with Gasteiger partial charge in [-0.2, -0.15) is 0 Å². The highest BCUT2D eigenvalue weighted by atomic mass is 15.1. The lowest BCUT2D eigenvalue weighted by molar-refractivity contribution is 1.05. The molecule has 0 radical (unpaired) electrons. The SMILES string of the molecule is Cc1ccccc1-n1c(-c2cc(-c3nc4cccnc4n3-c3ccccc3C)cc(-c3nc4cccnc4n3-c3ccccc3C)c2)cc2cccnc21. The van der Waals surface area contributed by atoms with E-state index >= 15 is 0 Å². The second-order valence-corrected chi connectivity index (χ2v) is 13.7. The predicted octanol–water partition coefficient (Wildman–Crippen LogP) is 10.4. The molecule has 6 heterocycles. The Morgan fingerprint density at radius 1 is 0.389 bits per heavy atom. The van der Waals surface area contributed by atoms with Gasteiger partial charge in [-0.15, -0.1) is 0 Å². The summed E-state index contributed by atoms with van der Waals surface area (Å²) in [5, 5.41) is 1.05. The molecule has 0 fully saturated rings. The maximum atomic E-state index is 5.29. The van der Waals surface area contributed by atoms with E-state index in [1.807, 2.05) is 48.9 Å². The molecule has 258 valence electrons. The number of fused-ring (bicyclic) bond motifs is 3. The standard InChI is InChI=1S/C46H34N8/c1-29-13-4-7-19-38(29)52-41(28-32-16-10-22-47-42(32)52)33-25-34(43-50-36-17-11-23-48-45(36)53(43)39-20-8-5-14-30(39)2)27-35(26-33)44-51-37-18-12-24-49-46(37)54(44)40-21-9-6-15-31(40)3/h4-28H,1-3H3. The summed E-state index contributed by atoms with van der Waals surface area (Å²) >= 11 is 0. The van der Waals surface area contributed by atoms with Gasteiger partial charge in [0.05, 0.1) is 22.8 Å². The number of benzene rings is 4. The predicted molar refractivity (Wildman–Crippen MR) is 216 cm³/mol. The van der Waals surface area contributed by atoms with Crippen LogP contribution in [-0.4, -0.2) is 38.6 Å². The zero-order valence-corrected chi connectivity index (χ0v) is 30.0. The number of aryl methyl sites for hydroxylation is 3. The fourth-order valence-electron chi connectivity index (χ4n) is 7.64. The molecule has 8 nitrogen and oxygen atoms in total. The smallest absolute Gasteiger partial charge is 0.164 e. The number of para-hydroxylation sites is 3. The van der Waals surface area contributed by atoms with Crippen LogP contribution in [0.4, 0.5) is 0 Å². The van der Waals surface area contributed by atoms with E-state index < -0.39 is 0 Å². The lowest BCUT2D eigenvalue weighted by Gasteiger charge is -2.17. The van der Waals surface area contributed by atoms with Gasteiger partial charge >= 0.3 is 0 Å². The van der Waals surface area contributed by atoms with Gasteiger partial charge in [0.25, 0.3) is 0 Å². The van der Waals surface area contributed by atoms with Crippen molar-refractivity contribution in [1.29, 1.82) is 0 Å². The van der Waals surface area contributed by atoms with Gasteiger partial charge in [0.1, 0.15) is 28.3 Å². The number of nitrogens with zero attached hydrogens (tertiary/aromatic N) is 8. The number of aromatic nitrogens is 8. The third-order valence-electron chi connectivity index (χ3n) is 10.2. The molecular formula is C46H34N8. The Morgan fingerprint density at radius 2 is 0.815 bits per heavy atom. The maximum Gasteiger partial charge on any atom is 0.164 e. The Labute approximate surface area is 311 Å². The zero-order valence-electron chi connectivity index (χ0n) is 30.0. The first-order valence-corrected chi connectivity index (χ1v) is 18.0. The van der Waals surface area contributed by atoms with E-state index in [9.17, 15) is 0 Å². The molecule has 4 aromatic carbocycles. The number of hydrogen-bond acceptors (Lipinski definition) is 5. The Kier molecular flexibility index (Phi) is 7.30. The molecule has 0 aliphatic rings. The van der Waals surface area contributed by atoms with Crippen LogP contribution in [0.1, 0.15) is 16.7 Å². The molecule has 0 saturated heterocycles. The van der Waals surface area contributed by atoms with Gasteiger partial charge in [-0.3, -0.25) is 13.7 Å². The monoisotopic (exact) mass is 698 g/mol. The van der Waals surface area contributed by atoms with Crippen LogP contribution in [0.3, 0.4) is 0 Å². The van der Waals surface area contributed by atoms with Crippen molar-refractivity contribution in [3.63, 3.8) is 0 Å². The summed E-state index contributed by atoms with van der Waals surface area (Å²) in [7, 11) is 0. The highest BCUT2D eigenvalue weighted by Gasteiger charge is 2.23. The minimum atomic E-state index is 0.787. The fourth-order valence-corrected chi connectivity index (χ4v) is 7.64. The topological polar surface area (TPSA) is 79.2 Å². The second-order valence-electron chi connectivity index (χ2n) is 13.7. The van der Waals surface area contributed by atoms with Gasteiger partial charge in [0.2, 0.25) is 0 Å². The van der Waals surface area contributed by atoms with Crippen LogP contribution >= 0.6 is 0 Å². The van der Waals surface area contributed by atoms with E-state index in [0.29, 0.717) is 0 Å². The van der Waals surface area contributed by atoms with Crippen LogP contribution in [0.2, 0.25) is 0 Å². The maximum absolute atomic E-state index is 5.29. The quantitative estimate of drug-likeness (QED) is 0.173. The molecule has 0 N–H and O–H groups in total. The van der Waals surface area contributed by atoms with Crippen molar-refractivity contribution in [3.05, 3.63) is 169 Å². The van der Waals surface area contributed by atoms with Crippen molar-refractivity contribution in [2.24, 2.45) is 0 Å². The van der Waals surface area contributed by atoms with Crippen LogP contribution in [0.15, 0.2) is 152 Å². The number of pyridine rings is 3. The van der Waals surface area contributed by atoms with Gasteiger partial charge < -0.3 is 0 Å². The molecule has 0 spiro atoms. The van der Waals surface area contributed by atoms with Crippen molar-refractivity contribution < 1.29 is 0 Å². The largest absolute Gasteiger partial charge is 0.294 e. The summed E-state index contributed by atoms with van der Waals surface area (Å²) in [6.45, 7) is 6.40. The summed E-state index contributed by atoms with van der Waals surface area (Å²) in [5.41, 5.74) is 14.5. The van der Waals surface area contributed by atoms with Crippen LogP contribution in [0.5, 0.6) is 0 Å². The van der Waals surface area contributed by atoms with Crippen LogP contribution in [-0.2, 0) is 0 Å². The summed E-state index contributed by atoms with van der Waals surface area (Å²) in [6, 6.07) is 46.2. The first kappa shape index (κ1) is 31.5. The zero-order chi connectivity index (χ0) is 36.3. The lowest BCUT2D eigenvalue weighted by Crippen LogP contribution is -2.04. The van der Waals surface area contributed by atoms with E-state index in [1.54, 1.807) is 0 Å². The van der Waals surface area contributed by atoms with Gasteiger partial charge in [-0.05, 0) is 116 Å². The highest BCUT2D eigenvalue weighted by Crippen LogP contribution is 2.39. The van der Waals surface area contributed by atoms with Crippen molar-refractivity contribution in [2.45, 2.75) is 20.8 Å². The summed E-state index contributed by atoms with van der Waals surface area (Å²) in [4.78, 5) is 25.2. The van der Waals surface area contributed by atoms with E-state index in [4.69, 9.17) is 24.9 Å². The summed E-state index contributed by atoms with van der Waals surface area (Å²) in [5.74, 6) is 1.57. The molecule has 54 heavy (non-hydrogen) atoms. The Balaban J connectivity index is 1.33. The summed E-state index contributed by atoms with van der Waals surface area (Å²) < 4.78 is 6.63. The van der Waals surface area contributed by atoms with Crippen molar-refractivity contribution in [2.75, 3.05) is 0 Å². The molecule has 10 aromatic rings. The molecule has 6 aromatic heterocycles. The Bertz CT molecular complexity index is 2710. The Hall–Kier alpha value is -7.19. The van der Waals surface area contributed by atoms with Crippen LogP contribution in [0, 0.1) is 20.8 Å². The average molecular weight is 699 g/mol. The average Bonchev–Trinajstić information content (AvgIpc) is 3.91. The molecule has 0 bridgehead atoms. The second kappa shape index (κ2) is 12.5. The van der Waals surface area contributed by atoms with Crippen molar-refractivity contribution in [1.82, 2.24) is 38.6 Å². The van der Waals surface area contributed by atoms with E-state index in [-0.39, 0.29) is 0 Å². The van der Waals surface area contributed by atoms with Crippen LogP contribution in [0.25, 0.3) is 84.5 Å². The van der Waals surface area contributed by atoms with E-state index in [1.165, 1.54) is 0 Å². The fraction of sp³-hybridized carbons (Fsp3) is 0.0652. The molecule has 0 unspecified atom stereocenters. The first-order chi connectivity index (χ1) is 26.5. The lowest BCUT2D eigenvalue weighted by atomic mass is 10.0. The molecule has 0 aliphatic heterocycles. The number of imidazole rings is 2. The normalized spacial score (nSPS) is 11.6. The molecular weight excluding hydrogens is 665 g/mol. The Morgan fingerprint density at radius 3 is 1.31 bits per heavy atom. The third-order valence-corrected chi connectivity index (χ3v) is 10.2. The van der Waals surface area contributed by atoms with Gasteiger partial charge in [0, 0.05) is 40.7 Å². The molecule has 0 amide bonds. The minimum Gasteiger partial charge on any atom is -0.294 e. The highest BCUT2D eigenvalue weighted by molar-refractivity contribution is 5.91. The van der Waals surface area contributed by atoms with Gasteiger partial charge in [0.15, 0.2) is 11.3 Å². The number of hydrogen-bond donors (Lipinski definition) is 0. The molecule has 0 atom stereocenters. The molecule has 0 aliphatic carbocycles.